The summed E-state index contributed by atoms with van der Waals surface area (Å²) in [7, 11) is 1.55. The number of hydrogen-bond donors (Lipinski definition) is 1. The Morgan fingerprint density at radius 3 is 2.17 bits per heavy atom. The molecule has 1 aliphatic rings. The summed E-state index contributed by atoms with van der Waals surface area (Å²) >= 11 is 0. The lowest BCUT2D eigenvalue weighted by molar-refractivity contribution is 0.0926. The molecule has 0 radical (unpaired) electrons. The van der Waals surface area contributed by atoms with Crippen molar-refractivity contribution in [3.05, 3.63) is 77.9 Å². The zero-order valence-corrected chi connectivity index (χ0v) is 21.4. The van der Waals surface area contributed by atoms with Gasteiger partial charge in [-0.25, -0.2) is 4.90 Å². The number of ether oxygens (including phenoxy) is 2. The minimum absolute atomic E-state index is 0.360. The molecule has 3 aromatic carbocycles. The highest BCUT2D eigenvalue weighted by atomic mass is 16.5. The fourth-order valence-corrected chi connectivity index (χ4v) is 4.53. The molecule has 0 saturated carbocycles. The van der Waals surface area contributed by atoms with Crippen molar-refractivity contribution >= 4 is 28.9 Å². The third-order valence-corrected chi connectivity index (χ3v) is 6.29. The topological polar surface area (TPSA) is 71.1 Å². The molecule has 4 rings (SSSR count). The largest absolute Gasteiger partial charge is 0.493 e. The first-order chi connectivity index (χ1) is 17.3. The Balaban J connectivity index is 1.51. The van der Waals surface area contributed by atoms with Gasteiger partial charge in [-0.3, -0.25) is 14.5 Å². The molecule has 0 aliphatic carbocycles. The number of rotatable bonds is 10. The number of imide groups is 1. The Bertz CT molecular complexity index is 1230. The number of fused-ring (bicyclic) bond motifs is 1. The van der Waals surface area contributed by atoms with Gasteiger partial charge in [0.15, 0.2) is 11.5 Å². The van der Waals surface area contributed by atoms with Gasteiger partial charge < -0.3 is 14.8 Å². The van der Waals surface area contributed by atoms with Crippen LogP contribution in [0, 0.1) is 0 Å². The lowest BCUT2D eigenvalue weighted by Gasteiger charge is -2.30. The van der Waals surface area contributed by atoms with Crippen molar-refractivity contribution in [3.63, 3.8) is 0 Å². The number of carbonyl (C=O) groups is 2. The number of amides is 2. The molecule has 0 atom stereocenters. The predicted molar refractivity (Wildman–Crippen MR) is 143 cm³/mol. The highest BCUT2D eigenvalue weighted by Crippen LogP contribution is 2.36. The van der Waals surface area contributed by atoms with Crippen LogP contribution in [0.5, 0.6) is 11.5 Å². The zero-order chi connectivity index (χ0) is 25.8. The molecule has 3 aromatic rings. The third-order valence-electron chi connectivity index (χ3n) is 6.29. The fraction of sp³-hybridized carbons (Fsp3) is 0.310. The monoisotopic (exact) mass is 487 g/mol. The minimum atomic E-state index is -0.369. The van der Waals surface area contributed by atoms with Crippen LogP contribution in [0.15, 0.2) is 66.7 Å². The maximum Gasteiger partial charge on any atom is 0.266 e. The number of carbonyl (C=O) groups excluding carboxylic acids is 2. The minimum Gasteiger partial charge on any atom is -0.493 e. The van der Waals surface area contributed by atoms with Crippen molar-refractivity contribution in [1.82, 2.24) is 4.90 Å². The molecule has 188 valence electrons. The van der Waals surface area contributed by atoms with Crippen LogP contribution in [-0.4, -0.2) is 49.1 Å². The standard InChI is InChI=1S/C29H33N3O4/c1-19(2)31(20(3)4)15-16-36-26-14-12-23(18-27(26)35-5)32-28(33)24-13-11-22(17-25(24)29(32)34)30-21-9-7-6-8-10-21/h6-14,17-20,30H,15-16H2,1-5H3. The van der Waals surface area contributed by atoms with Crippen LogP contribution in [0.1, 0.15) is 48.4 Å². The van der Waals surface area contributed by atoms with E-state index in [1.807, 2.05) is 30.3 Å². The Labute approximate surface area is 212 Å². The molecule has 7 nitrogen and oxygen atoms in total. The second-order valence-corrected chi connectivity index (χ2v) is 9.31. The summed E-state index contributed by atoms with van der Waals surface area (Å²) in [5.74, 6) is 0.309. The second kappa shape index (κ2) is 10.8. The van der Waals surface area contributed by atoms with Crippen molar-refractivity contribution in [2.24, 2.45) is 0 Å². The normalized spacial score (nSPS) is 13.1. The van der Waals surface area contributed by atoms with Gasteiger partial charge in [0, 0.05) is 36.1 Å². The van der Waals surface area contributed by atoms with Gasteiger partial charge >= 0.3 is 0 Å². The van der Waals surface area contributed by atoms with Gasteiger partial charge in [0.05, 0.1) is 23.9 Å². The molecule has 1 heterocycles. The smallest absolute Gasteiger partial charge is 0.266 e. The number of nitrogens with one attached hydrogen (secondary N) is 1. The highest BCUT2D eigenvalue weighted by Gasteiger charge is 2.37. The van der Waals surface area contributed by atoms with Gasteiger partial charge in [-0.1, -0.05) is 18.2 Å². The Morgan fingerprint density at radius 2 is 1.50 bits per heavy atom. The first-order valence-corrected chi connectivity index (χ1v) is 12.2. The molecule has 36 heavy (non-hydrogen) atoms. The van der Waals surface area contributed by atoms with E-state index in [2.05, 4.69) is 37.9 Å². The van der Waals surface area contributed by atoms with Crippen LogP contribution < -0.4 is 19.7 Å². The summed E-state index contributed by atoms with van der Waals surface area (Å²) in [5, 5.41) is 3.27. The van der Waals surface area contributed by atoms with Crippen molar-refractivity contribution < 1.29 is 19.1 Å². The van der Waals surface area contributed by atoms with Gasteiger partial charge in [-0.05, 0) is 70.2 Å². The van der Waals surface area contributed by atoms with Gasteiger partial charge in [-0.15, -0.1) is 0 Å². The first kappa shape index (κ1) is 25.3. The maximum absolute atomic E-state index is 13.3. The van der Waals surface area contributed by atoms with Crippen molar-refractivity contribution in [2.45, 2.75) is 39.8 Å². The highest BCUT2D eigenvalue weighted by molar-refractivity contribution is 6.34. The summed E-state index contributed by atoms with van der Waals surface area (Å²) in [6.07, 6.45) is 0. The lowest BCUT2D eigenvalue weighted by Crippen LogP contribution is -2.39. The summed E-state index contributed by atoms with van der Waals surface area (Å²) in [6, 6.07) is 20.8. The van der Waals surface area contributed by atoms with Gasteiger partial charge in [-0.2, -0.15) is 0 Å². The number of nitrogens with zero attached hydrogens (tertiary/aromatic N) is 2. The van der Waals surface area contributed by atoms with E-state index in [1.54, 1.807) is 43.5 Å². The lowest BCUT2D eigenvalue weighted by atomic mass is 10.1. The number of anilines is 3. The molecule has 2 amide bonds. The SMILES string of the molecule is COc1cc(N2C(=O)c3ccc(Nc4ccccc4)cc3C2=O)ccc1OCCN(C(C)C)C(C)C. The van der Waals surface area contributed by atoms with Gasteiger partial charge in [0.1, 0.15) is 6.61 Å². The third kappa shape index (κ3) is 5.21. The molecule has 7 heteroatoms. The Morgan fingerprint density at radius 1 is 0.806 bits per heavy atom. The molecular formula is C29H33N3O4. The molecule has 0 aromatic heterocycles. The van der Waals surface area contributed by atoms with E-state index in [9.17, 15) is 9.59 Å². The van der Waals surface area contributed by atoms with E-state index in [1.165, 1.54) is 4.90 Å². The molecule has 0 saturated heterocycles. The van der Waals surface area contributed by atoms with E-state index in [4.69, 9.17) is 9.47 Å². The summed E-state index contributed by atoms with van der Waals surface area (Å²) in [4.78, 5) is 29.9. The number of hydrogen-bond acceptors (Lipinski definition) is 6. The predicted octanol–water partition coefficient (Wildman–Crippen LogP) is 5.74. The summed E-state index contributed by atoms with van der Waals surface area (Å²) < 4.78 is 11.5. The number of para-hydroxylation sites is 1. The first-order valence-electron chi connectivity index (χ1n) is 12.2. The van der Waals surface area contributed by atoms with Crippen molar-refractivity contribution in [2.75, 3.05) is 30.5 Å². The molecule has 0 fully saturated rings. The van der Waals surface area contributed by atoms with Crippen LogP contribution >= 0.6 is 0 Å². The van der Waals surface area contributed by atoms with Gasteiger partial charge in [0.25, 0.3) is 11.8 Å². The summed E-state index contributed by atoms with van der Waals surface area (Å²) in [6.45, 7) is 9.93. The summed E-state index contributed by atoms with van der Waals surface area (Å²) in [5.41, 5.74) is 2.81. The van der Waals surface area contributed by atoms with E-state index in [0.29, 0.717) is 47.0 Å². The van der Waals surface area contributed by atoms with Crippen LogP contribution in [0.4, 0.5) is 17.1 Å². The maximum atomic E-state index is 13.3. The average molecular weight is 488 g/mol. The van der Waals surface area contributed by atoms with Gasteiger partial charge in [0.2, 0.25) is 0 Å². The van der Waals surface area contributed by atoms with Crippen LogP contribution in [0.2, 0.25) is 0 Å². The fourth-order valence-electron chi connectivity index (χ4n) is 4.53. The molecule has 1 aliphatic heterocycles. The number of benzene rings is 3. The van der Waals surface area contributed by atoms with Crippen LogP contribution in [-0.2, 0) is 0 Å². The van der Waals surface area contributed by atoms with Crippen molar-refractivity contribution in [3.8, 4) is 11.5 Å². The molecular weight excluding hydrogens is 454 g/mol. The molecule has 0 bridgehead atoms. The van der Waals surface area contributed by atoms with E-state index >= 15 is 0 Å². The zero-order valence-electron chi connectivity index (χ0n) is 21.4. The van der Waals surface area contributed by atoms with E-state index in [0.717, 1.165) is 17.9 Å². The second-order valence-electron chi connectivity index (χ2n) is 9.31. The number of methoxy groups -OCH3 is 1. The average Bonchev–Trinajstić information content (AvgIpc) is 3.11. The van der Waals surface area contributed by atoms with Crippen molar-refractivity contribution in [1.29, 1.82) is 0 Å². The Hall–Kier alpha value is -3.84. The molecule has 0 unspecified atom stereocenters. The van der Waals surface area contributed by atoms with E-state index < -0.39 is 0 Å². The quantitative estimate of drug-likeness (QED) is 0.368. The van der Waals surface area contributed by atoms with E-state index in [-0.39, 0.29) is 11.8 Å². The van der Waals surface area contributed by atoms with Crippen LogP contribution in [0.3, 0.4) is 0 Å². The molecule has 1 N–H and O–H groups in total. The Kier molecular flexibility index (Phi) is 7.60. The van der Waals surface area contributed by atoms with Crippen LogP contribution in [0.25, 0.3) is 0 Å². The molecule has 0 spiro atoms.